The summed E-state index contributed by atoms with van der Waals surface area (Å²) < 4.78 is 25.8. The van der Waals surface area contributed by atoms with Crippen molar-refractivity contribution in [3.63, 3.8) is 0 Å². The number of anilines is 1. The van der Waals surface area contributed by atoms with E-state index in [0.717, 1.165) is 4.31 Å². The van der Waals surface area contributed by atoms with Gasteiger partial charge in [-0.2, -0.15) is 0 Å². The van der Waals surface area contributed by atoms with Crippen LogP contribution in [-0.4, -0.2) is 31.7 Å². The highest BCUT2D eigenvalue weighted by molar-refractivity contribution is 7.89. The first-order valence-corrected chi connectivity index (χ1v) is 8.26. The zero-order valence-electron chi connectivity index (χ0n) is 12.8. The smallest absolute Gasteiger partial charge is 0.292 e. The number of benzene rings is 2. The Balaban J connectivity index is 2.32. The molecule has 1 N–H and O–H groups in total. The molecule has 2 aromatic carbocycles. The van der Waals surface area contributed by atoms with Crippen LogP contribution in [0.4, 0.5) is 11.4 Å². The molecule has 8 heteroatoms. The molecule has 2 rings (SSSR count). The maximum Gasteiger partial charge on any atom is 0.292 e. The predicted octanol–water partition coefficient (Wildman–Crippen LogP) is 2.46. The van der Waals surface area contributed by atoms with Crippen LogP contribution >= 0.6 is 0 Å². The standard InChI is InChI=1S/C15H17N3O4S/c1-17(2)23(21,22)15-10-6-3-7-12(15)11-16-13-8-4-5-9-14(13)18(19)20/h3-10,16H,11H2,1-2H3. The number of nitrogens with one attached hydrogen (secondary N) is 1. The van der Waals surface area contributed by atoms with Crippen LogP contribution in [0.3, 0.4) is 0 Å². The van der Waals surface area contributed by atoms with Gasteiger partial charge >= 0.3 is 0 Å². The monoisotopic (exact) mass is 335 g/mol. The van der Waals surface area contributed by atoms with Crippen molar-refractivity contribution in [1.82, 2.24) is 4.31 Å². The summed E-state index contributed by atoms with van der Waals surface area (Å²) in [6.45, 7) is 0.161. The van der Waals surface area contributed by atoms with Gasteiger partial charge < -0.3 is 5.32 Å². The average molecular weight is 335 g/mol. The third kappa shape index (κ3) is 3.66. The van der Waals surface area contributed by atoms with Crippen molar-refractivity contribution >= 4 is 21.4 Å². The van der Waals surface area contributed by atoms with Crippen LogP contribution in [-0.2, 0) is 16.6 Å². The Morgan fingerprint density at radius 2 is 1.70 bits per heavy atom. The van der Waals surface area contributed by atoms with Crippen molar-refractivity contribution in [3.05, 3.63) is 64.2 Å². The second kappa shape index (κ2) is 6.76. The van der Waals surface area contributed by atoms with Gasteiger partial charge in [-0.1, -0.05) is 30.3 Å². The molecule has 0 bridgehead atoms. The summed E-state index contributed by atoms with van der Waals surface area (Å²) in [6, 6.07) is 12.8. The molecule has 0 amide bonds. The number of hydrogen-bond donors (Lipinski definition) is 1. The Kier molecular flexibility index (Phi) is 4.97. The highest BCUT2D eigenvalue weighted by Gasteiger charge is 2.21. The van der Waals surface area contributed by atoms with Crippen molar-refractivity contribution in [1.29, 1.82) is 0 Å². The first kappa shape index (κ1) is 16.9. The van der Waals surface area contributed by atoms with Gasteiger partial charge in [0.1, 0.15) is 5.69 Å². The maximum absolute atomic E-state index is 12.3. The zero-order valence-corrected chi connectivity index (χ0v) is 13.6. The van der Waals surface area contributed by atoms with Crippen molar-refractivity contribution in [2.45, 2.75) is 11.4 Å². The van der Waals surface area contributed by atoms with Gasteiger partial charge in [-0.15, -0.1) is 0 Å². The second-order valence-corrected chi connectivity index (χ2v) is 7.14. The van der Waals surface area contributed by atoms with E-state index in [2.05, 4.69) is 5.32 Å². The van der Waals surface area contributed by atoms with Gasteiger partial charge in [0, 0.05) is 26.7 Å². The molecule has 0 unspecified atom stereocenters. The Hall–Kier alpha value is -2.45. The van der Waals surface area contributed by atoms with Gasteiger partial charge in [0.25, 0.3) is 5.69 Å². The van der Waals surface area contributed by atoms with Gasteiger partial charge in [-0.3, -0.25) is 10.1 Å². The Labute approximate surface area is 134 Å². The van der Waals surface area contributed by atoms with Crippen molar-refractivity contribution < 1.29 is 13.3 Å². The van der Waals surface area contributed by atoms with Crippen LogP contribution in [0.5, 0.6) is 0 Å². The molecule has 0 radical (unpaired) electrons. The maximum atomic E-state index is 12.3. The van der Waals surface area contributed by atoms with E-state index in [1.165, 1.54) is 26.2 Å². The molecule has 0 aliphatic rings. The van der Waals surface area contributed by atoms with Crippen LogP contribution in [0, 0.1) is 10.1 Å². The summed E-state index contributed by atoms with van der Waals surface area (Å²) in [7, 11) is -0.659. The van der Waals surface area contributed by atoms with Crippen LogP contribution in [0.25, 0.3) is 0 Å². The molecule has 0 aromatic heterocycles. The van der Waals surface area contributed by atoms with E-state index in [1.54, 1.807) is 36.4 Å². The number of nitrogens with zero attached hydrogens (tertiary/aromatic N) is 2. The van der Waals surface area contributed by atoms with Crippen LogP contribution in [0.1, 0.15) is 5.56 Å². The van der Waals surface area contributed by atoms with Crippen molar-refractivity contribution in [2.75, 3.05) is 19.4 Å². The highest BCUT2D eigenvalue weighted by atomic mass is 32.2. The normalized spacial score (nSPS) is 11.4. The molecular weight excluding hydrogens is 318 g/mol. The third-order valence-electron chi connectivity index (χ3n) is 3.30. The van der Waals surface area contributed by atoms with Crippen LogP contribution in [0.15, 0.2) is 53.4 Å². The topological polar surface area (TPSA) is 92.6 Å². The van der Waals surface area contributed by atoms with Gasteiger partial charge in [-0.25, -0.2) is 12.7 Å². The number of rotatable bonds is 6. The zero-order chi connectivity index (χ0) is 17.0. The summed E-state index contributed by atoms with van der Waals surface area (Å²) in [5.74, 6) is 0. The van der Waals surface area contributed by atoms with E-state index in [4.69, 9.17) is 0 Å². The molecule has 7 nitrogen and oxygen atoms in total. The molecule has 0 saturated carbocycles. The number of para-hydroxylation sites is 2. The lowest BCUT2D eigenvalue weighted by atomic mass is 10.2. The summed E-state index contributed by atoms with van der Waals surface area (Å²) in [5.41, 5.74) is 0.828. The summed E-state index contributed by atoms with van der Waals surface area (Å²) >= 11 is 0. The van der Waals surface area contributed by atoms with Gasteiger partial charge in [0.05, 0.1) is 9.82 Å². The average Bonchev–Trinajstić information content (AvgIpc) is 2.53. The second-order valence-electron chi connectivity index (χ2n) is 5.02. The van der Waals surface area contributed by atoms with Gasteiger partial charge in [0.2, 0.25) is 10.0 Å². The summed E-state index contributed by atoms with van der Waals surface area (Å²) in [5, 5.41) is 13.9. The lowest BCUT2D eigenvalue weighted by Crippen LogP contribution is -2.23. The van der Waals surface area contributed by atoms with Gasteiger partial charge in [-0.05, 0) is 17.7 Å². The number of hydrogen-bond acceptors (Lipinski definition) is 5. The Bertz CT molecular complexity index is 819. The molecule has 0 aliphatic heterocycles. The summed E-state index contributed by atoms with van der Waals surface area (Å²) in [6.07, 6.45) is 0. The van der Waals surface area contributed by atoms with E-state index in [-0.39, 0.29) is 17.1 Å². The third-order valence-corrected chi connectivity index (χ3v) is 5.22. The quantitative estimate of drug-likeness (QED) is 0.646. The molecule has 23 heavy (non-hydrogen) atoms. The molecule has 0 aliphatic carbocycles. The lowest BCUT2D eigenvalue weighted by molar-refractivity contribution is -0.384. The summed E-state index contributed by atoms with van der Waals surface area (Å²) in [4.78, 5) is 10.7. The Morgan fingerprint density at radius 3 is 2.35 bits per heavy atom. The molecule has 0 atom stereocenters. The van der Waals surface area contributed by atoms with E-state index in [9.17, 15) is 18.5 Å². The molecule has 0 spiro atoms. The molecule has 122 valence electrons. The molecule has 0 fully saturated rings. The SMILES string of the molecule is CN(C)S(=O)(=O)c1ccccc1CNc1ccccc1[N+](=O)[O-]. The molecule has 2 aromatic rings. The highest BCUT2D eigenvalue weighted by Crippen LogP contribution is 2.25. The Morgan fingerprint density at radius 1 is 1.09 bits per heavy atom. The largest absolute Gasteiger partial charge is 0.375 e. The molecule has 0 saturated heterocycles. The van der Waals surface area contributed by atoms with E-state index >= 15 is 0 Å². The minimum Gasteiger partial charge on any atom is -0.375 e. The number of sulfonamides is 1. The predicted molar refractivity (Wildman–Crippen MR) is 87.7 cm³/mol. The van der Waals surface area contributed by atoms with Crippen molar-refractivity contribution in [3.8, 4) is 0 Å². The fraction of sp³-hybridized carbons (Fsp3) is 0.200. The lowest BCUT2D eigenvalue weighted by Gasteiger charge is -2.15. The minimum absolute atomic E-state index is 0.0551. The van der Waals surface area contributed by atoms with E-state index < -0.39 is 14.9 Å². The molecule has 0 heterocycles. The number of nitro benzene ring substituents is 1. The van der Waals surface area contributed by atoms with E-state index in [1.807, 2.05) is 0 Å². The fourth-order valence-corrected chi connectivity index (χ4v) is 3.19. The first-order chi connectivity index (χ1) is 10.8. The number of nitro groups is 1. The van der Waals surface area contributed by atoms with Crippen molar-refractivity contribution in [2.24, 2.45) is 0 Å². The minimum atomic E-state index is -3.58. The first-order valence-electron chi connectivity index (χ1n) is 6.82. The fourth-order valence-electron chi connectivity index (χ4n) is 2.07. The molecular formula is C15H17N3O4S. The van der Waals surface area contributed by atoms with Crippen LogP contribution in [0.2, 0.25) is 0 Å². The van der Waals surface area contributed by atoms with E-state index in [0.29, 0.717) is 11.3 Å². The van der Waals surface area contributed by atoms with Crippen LogP contribution < -0.4 is 5.32 Å². The van der Waals surface area contributed by atoms with Gasteiger partial charge in [0.15, 0.2) is 0 Å².